The van der Waals surface area contributed by atoms with Gasteiger partial charge in [-0.1, -0.05) is 19.0 Å². The fourth-order valence-electron chi connectivity index (χ4n) is 1.88. The third-order valence-corrected chi connectivity index (χ3v) is 3.01. The number of rotatable bonds is 4. The third kappa shape index (κ3) is 2.89. The summed E-state index contributed by atoms with van der Waals surface area (Å²) in [6.45, 7) is 7.89. The van der Waals surface area contributed by atoms with E-state index in [0.717, 1.165) is 5.69 Å². The molecule has 0 saturated heterocycles. The van der Waals surface area contributed by atoms with Crippen molar-refractivity contribution in [1.82, 2.24) is 15.0 Å². The van der Waals surface area contributed by atoms with Crippen LogP contribution in [0.3, 0.4) is 0 Å². The van der Waals surface area contributed by atoms with Crippen LogP contribution in [-0.4, -0.2) is 28.0 Å². The minimum Gasteiger partial charge on any atom is -0.436 e. The number of nitrogens with zero attached hydrogens (tertiary/aromatic N) is 3. The summed E-state index contributed by atoms with van der Waals surface area (Å²) in [6, 6.07) is 1.87. The highest BCUT2D eigenvalue weighted by atomic mass is 16.5. The third-order valence-electron chi connectivity index (χ3n) is 3.01. The lowest BCUT2D eigenvalue weighted by Crippen LogP contribution is -2.26. The van der Waals surface area contributed by atoms with E-state index in [0.29, 0.717) is 29.8 Å². The second-order valence-electron chi connectivity index (χ2n) is 5.18. The average Bonchev–Trinajstić information content (AvgIpc) is 2.95. The lowest BCUT2D eigenvalue weighted by molar-refractivity contribution is 0.0738. The van der Waals surface area contributed by atoms with Crippen molar-refractivity contribution in [2.45, 2.75) is 40.2 Å². The molecule has 2 aromatic heterocycles. The summed E-state index contributed by atoms with van der Waals surface area (Å²) in [4.78, 5) is 17.9. The highest BCUT2D eigenvalue weighted by Gasteiger charge is 2.21. The highest BCUT2D eigenvalue weighted by Crippen LogP contribution is 2.17. The quantitative estimate of drug-likeness (QED) is 0.859. The first-order valence-corrected chi connectivity index (χ1v) is 6.53. The number of aryl methyl sites for hydroxylation is 2. The van der Waals surface area contributed by atoms with Crippen LogP contribution < -0.4 is 0 Å². The number of carbonyl (C=O) groups excluding carboxylic acids is 1. The van der Waals surface area contributed by atoms with Gasteiger partial charge in [0.1, 0.15) is 0 Å². The largest absolute Gasteiger partial charge is 0.436 e. The van der Waals surface area contributed by atoms with Gasteiger partial charge in [0.2, 0.25) is 5.76 Å². The molecule has 6 nitrogen and oxygen atoms in total. The predicted octanol–water partition coefficient (Wildman–Crippen LogP) is 2.68. The van der Waals surface area contributed by atoms with Crippen LogP contribution in [0.4, 0.5) is 0 Å². The molecule has 108 valence electrons. The average molecular weight is 277 g/mol. The molecule has 0 atom stereocenters. The molecule has 20 heavy (non-hydrogen) atoms. The zero-order chi connectivity index (χ0) is 14.9. The van der Waals surface area contributed by atoms with Gasteiger partial charge < -0.3 is 13.8 Å². The van der Waals surface area contributed by atoms with Gasteiger partial charge in [-0.15, -0.1) is 0 Å². The van der Waals surface area contributed by atoms with E-state index in [1.165, 1.54) is 4.90 Å². The van der Waals surface area contributed by atoms with Crippen LogP contribution in [0.2, 0.25) is 0 Å². The predicted molar refractivity (Wildman–Crippen MR) is 72.4 cm³/mol. The van der Waals surface area contributed by atoms with Crippen LogP contribution in [0.5, 0.6) is 0 Å². The number of hydrogen-bond acceptors (Lipinski definition) is 5. The molecule has 0 aromatic carbocycles. The van der Waals surface area contributed by atoms with Gasteiger partial charge in [0.25, 0.3) is 5.91 Å². The van der Waals surface area contributed by atoms with Crippen LogP contribution in [0.1, 0.15) is 53.4 Å². The van der Waals surface area contributed by atoms with E-state index in [1.807, 2.05) is 19.9 Å². The molecule has 0 spiro atoms. The fraction of sp³-hybridized carbons (Fsp3) is 0.500. The Morgan fingerprint density at radius 3 is 2.60 bits per heavy atom. The Bertz CT molecular complexity index is 613. The van der Waals surface area contributed by atoms with Gasteiger partial charge in [0.05, 0.1) is 17.9 Å². The number of carbonyl (C=O) groups is 1. The van der Waals surface area contributed by atoms with Crippen molar-refractivity contribution in [3.8, 4) is 0 Å². The summed E-state index contributed by atoms with van der Waals surface area (Å²) in [5, 5.41) is 3.97. The Hall–Kier alpha value is -2.11. The topological polar surface area (TPSA) is 72.4 Å². The zero-order valence-corrected chi connectivity index (χ0v) is 12.4. The van der Waals surface area contributed by atoms with Crippen LogP contribution >= 0.6 is 0 Å². The van der Waals surface area contributed by atoms with E-state index in [2.05, 4.69) is 10.1 Å². The molecule has 0 fully saturated rings. The second-order valence-corrected chi connectivity index (χ2v) is 5.18. The second kappa shape index (κ2) is 5.48. The monoisotopic (exact) mass is 277 g/mol. The van der Waals surface area contributed by atoms with E-state index in [-0.39, 0.29) is 11.7 Å². The van der Waals surface area contributed by atoms with Gasteiger partial charge in [0, 0.05) is 20.0 Å². The zero-order valence-electron chi connectivity index (χ0n) is 12.4. The van der Waals surface area contributed by atoms with Crippen LogP contribution in [-0.2, 0) is 6.54 Å². The molecule has 0 aliphatic heterocycles. The van der Waals surface area contributed by atoms with E-state index in [1.54, 1.807) is 20.9 Å². The molecular formula is C14H19N3O3. The van der Waals surface area contributed by atoms with E-state index >= 15 is 0 Å². The summed E-state index contributed by atoms with van der Waals surface area (Å²) >= 11 is 0. The SMILES string of the molecule is Cc1nc(C)c(C(=O)N(C)Cc2cc(C(C)C)no2)o1. The number of hydrogen-bond donors (Lipinski definition) is 0. The first-order chi connectivity index (χ1) is 9.38. The minimum atomic E-state index is -0.217. The summed E-state index contributed by atoms with van der Waals surface area (Å²) in [7, 11) is 1.69. The Balaban J connectivity index is 2.09. The molecule has 2 aromatic rings. The van der Waals surface area contributed by atoms with Crippen LogP contribution in [0, 0.1) is 13.8 Å². The van der Waals surface area contributed by atoms with Crippen molar-refractivity contribution in [2.24, 2.45) is 0 Å². The molecule has 0 aliphatic rings. The lowest BCUT2D eigenvalue weighted by Gasteiger charge is -2.13. The van der Waals surface area contributed by atoms with Crippen molar-refractivity contribution >= 4 is 5.91 Å². The Kier molecular flexibility index (Phi) is 3.92. The van der Waals surface area contributed by atoms with E-state index < -0.39 is 0 Å². The normalized spacial score (nSPS) is 11.1. The molecule has 0 aliphatic carbocycles. The summed E-state index contributed by atoms with van der Waals surface area (Å²) in [5.41, 5.74) is 1.48. The van der Waals surface area contributed by atoms with Gasteiger partial charge in [-0.25, -0.2) is 4.98 Å². The smallest absolute Gasteiger partial charge is 0.291 e. The number of aromatic nitrogens is 2. The van der Waals surface area contributed by atoms with Crippen molar-refractivity contribution < 1.29 is 13.7 Å². The fourth-order valence-corrected chi connectivity index (χ4v) is 1.88. The number of amides is 1. The van der Waals surface area contributed by atoms with Gasteiger partial charge in [-0.2, -0.15) is 0 Å². The Labute approximate surface area is 117 Å². The molecule has 0 unspecified atom stereocenters. The lowest BCUT2D eigenvalue weighted by atomic mass is 10.1. The number of oxazole rings is 1. The van der Waals surface area contributed by atoms with Crippen LogP contribution in [0.15, 0.2) is 15.0 Å². The molecular weight excluding hydrogens is 258 g/mol. The molecule has 0 bridgehead atoms. The van der Waals surface area contributed by atoms with E-state index in [9.17, 15) is 4.79 Å². The van der Waals surface area contributed by atoms with Crippen LogP contribution in [0.25, 0.3) is 0 Å². The molecule has 0 saturated carbocycles. The Morgan fingerprint density at radius 1 is 1.40 bits per heavy atom. The molecule has 6 heteroatoms. The van der Waals surface area contributed by atoms with Gasteiger partial charge in [-0.05, 0) is 12.8 Å². The Morgan fingerprint density at radius 2 is 2.10 bits per heavy atom. The summed E-state index contributed by atoms with van der Waals surface area (Å²) in [6.07, 6.45) is 0. The molecule has 2 rings (SSSR count). The molecule has 0 radical (unpaired) electrons. The highest BCUT2D eigenvalue weighted by molar-refractivity contribution is 5.92. The maximum absolute atomic E-state index is 12.3. The first kappa shape index (κ1) is 14.3. The van der Waals surface area contributed by atoms with Gasteiger partial charge >= 0.3 is 0 Å². The van der Waals surface area contributed by atoms with Crippen molar-refractivity contribution in [3.05, 3.63) is 34.9 Å². The van der Waals surface area contributed by atoms with Gasteiger partial charge in [-0.3, -0.25) is 4.79 Å². The van der Waals surface area contributed by atoms with Gasteiger partial charge in [0.15, 0.2) is 11.7 Å². The van der Waals surface area contributed by atoms with Crippen molar-refractivity contribution in [3.63, 3.8) is 0 Å². The van der Waals surface area contributed by atoms with Crippen molar-refractivity contribution in [2.75, 3.05) is 7.05 Å². The maximum Gasteiger partial charge on any atom is 0.291 e. The maximum atomic E-state index is 12.3. The first-order valence-electron chi connectivity index (χ1n) is 6.53. The standard InChI is InChI=1S/C14H19N3O3/c1-8(2)12-6-11(20-16-12)7-17(5)14(18)13-9(3)15-10(4)19-13/h6,8H,7H2,1-5H3. The van der Waals surface area contributed by atoms with E-state index in [4.69, 9.17) is 8.94 Å². The summed E-state index contributed by atoms with van der Waals surface area (Å²) < 4.78 is 10.6. The van der Waals surface area contributed by atoms with Crippen molar-refractivity contribution in [1.29, 1.82) is 0 Å². The molecule has 0 N–H and O–H groups in total. The summed E-state index contributed by atoms with van der Waals surface area (Å²) in [5.74, 6) is 1.49. The minimum absolute atomic E-state index is 0.217. The molecule has 2 heterocycles. The molecule has 1 amide bonds.